The molecule has 0 radical (unpaired) electrons. The van der Waals surface area contributed by atoms with Gasteiger partial charge in [-0.05, 0) is 67.9 Å². The van der Waals surface area contributed by atoms with Gasteiger partial charge < -0.3 is 19.5 Å². The second-order valence-electron chi connectivity index (χ2n) is 8.56. The molecule has 1 aliphatic carbocycles. The van der Waals surface area contributed by atoms with Crippen molar-refractivity contribution in [1.82, 2.24) is 0 Å². The van der Waals surface area contributed by atoms with Crippen LogP contribution in [0.4, 0.5) is 5.00 Å². The fourth-order valence-electron chi connectivity index (χ4n) is 4.02. The van der Waals surface area contributed by atoms with Crippen LogP contribution < -0.4 is 14.8 Å². The van der Waals surface area contributed by atoms with Crippen LogP contribution in [0.3, 0.4) is 0 Å². The number of hydrogen-bond acceptors (Lipinski definition) is 6. The van der Waals surface area contributed by atoms with Crippen molar-refractivity contribution in [2.75, 3.05) is 25.6 Å². The summed E-state index contributed by atoms with van der Waals surface area (Å²) in [6.45, 7) is 7.10. The number of anilines is 1. The molecule has 0 aliphatic heterocycles. The fourth-order valence-corrected chi connectivity index (χ4v) is 5.43. The van der Waals surface area contributed by atoms with Gasteiger partial charge in [0, 0.05) is 11.0 Å². The van der Waals surface area contributed by atoms with Crippen molar-refractivity contribution in [2.45, 2.75) is 59.3 Å². The summed E-state index contributed by atoms with van der Waals surface area (Å²) in [5.41, 5.74) is 2.36. The number of methoxy groups -OCH3 is 1. The van der Waals surface area contributed by atoms with Gasteiger partial charge in [-0.2, -0.15) is 0 Å². The van der Waals surface area contributed by atoms with Crippen molar-refractivity contribution in [2.24, 2.45) is 5.92 Å². The molecule has 1 amide bonds. The number of benzene rings is 1. The summed E-state index contributed by atoms with van der Waals surface area (Å²) in [7, 11) is 1.60. The Hall–Kier alpha value is -2.80. The van der Waals surface area contributed by atoms with Crippen LogP contribution in [0.15, 0.2) is 24.3 Å². The smallest absolute Gasteiger partial charge is 0.341 e. The van der Waals surface area contributed by atoms with E-state index in [0.29, 0.717) is 41.2 Å². The lowest BCUT2D eigenvalue weighted by atomic mass is 9.88. The molecule has 0 saturated carbocycles. The summed E-state index contributed by atoms with van der Waals surface area (Å²) in [5, 5.41) is 3.48. The normalized spacial score (nSPS) is 15.1. The third-order valence-corrected chi connectivity index (χ3v) is 7.02. The predicted octanol–water partition coefficient (Wildman–Crippen LogP) is 6.28. The minimum Gasteiger partial charge on any atom is -0.493 e. The third kappa shape index (κ3) is 6.63. The number of nitrogens with one attached hydrogen (secondary N) is 1. The summed E-state index contributed by atoms with van der Waals surface area (Å²) in [5.74, 6) is 1.23. The number of unbranched alkanes of at least 4 members (excludes halogenated alkanes) is 2. The van der Waals surface area contributed by atoms with Gasteiger partial charge in [0.15, 0.2) is 11.5 Å². The van der Waals surface area contributed by atoms with E-state index in [0.717, 1.165) is 49.7 Å². The highest BCUT2D eigenvalue weighted by Crippen LogP contribution is 2.40. The zero-order chi connectivity index (χ0) is 24.5. The lowest BCUT2D eigenvalue weighted by Gasteiger charge is -2.18. The number of fused-ring (bicyclic) bond motifs is 1. The first-order chi connectivity index (χ1) is 16.5. The molecule has 1 atom stereocenters. The summed E-state index contributed by atoms with van der Waals surface area (Å²) >= 11 is 1.49. The van der Waals surface area contributed by atoms with Crippen LogP contribution in [-0.2, 0) is 22.4 Å². The Bertz CT molecular complexity index is 1030. The topological polar surface area (TPSA) is 73.9 Å². The van der Waals surface area contributed by atoms with Gasteiger partial charge in [0.05, 0.1) is 25.9 Å². The Morgan fingerprint density at radius 1 is 1.21 bits per heavy atom. The lowest BCUT2D eigenvalue weighted by Crippen LogP contribution is -2.15. The van der Waals surface area contributed by atoms with Crippen molar-refractivity contribution in [3.05, 3.63) is 45.8 Å². The van der Waals surface area contributed by atoms with Gasteiger partial charge in [-0.1, -0.05) is 32.8 Å². The van der Waals surface area contributed by atoms with E-state index in [1.165, 1.54) is 22.3 Å². The van der Waals surface area contributed by atoms with Crippen LogP contribution in [-0.4, -0.2) is 32.2 Å². The van der Waals surface area contributed by atoms with Gasteiger partial charge in [-0.25, -0.2) is 4.79 Å². The number of carbonyl (C=O) groups excluding carboxylic acids is 2. The first-order valence-electron chi connectivity index (χ1n) is 12.1. The molecule has 184 valence electrons. The molecule has 1 aromatic carbocycles. The van der Waals surface area contributed by atoms with E-state index in [1.54, 1.807) is 20.1 Å². The van der Waals surface area contributed by atoms with Crippen LogP contribution in [0.1, 0.15) is 72.8 Å². The predicted molar refractivity (Wildman–Crippen MR) is 137 cm³/mol. The molecular weight excluding hydrogens is 450 g/mol. The molecule has 2 aromatic rings. The molecule has 1 N–H and O–H groups in total. The molecular formula is C27H35NO5S. The summed E-state index contributed by atoms with van der Waals surface area (Å²) in [6, 6.07) is 5.58. The van der Waals surface area contributed by atoms with E-state index in [2.05, 4.69) is 19.2 Å². The molecule has 34 heavy (non-hydrogen) atoms. The zero-order valence-electron chi connectivity index (χ0n) is 20.6. The van der Waals surface area contributed by atoms with Crippen LogP contribution >= 0.6 is 11.3 Å². The van der Waals surface area contributed by atoms with E-state index < -0.39 is 0 Å². The van der Waals surface area contributed by atoms with Gasteiger partial charge in [-0.3, -0.25) is 4.79 Å². The number of carbonyl (C=O) groups is 2. The maximum atomic E-state index is 12.7. The van der Waals surface area contributed by atoms with Crippen molar-refractivity contribution >= 4 is 34.3 Å². The molecule has 1 aromatic heterocycles. The molecule has 0 fully saturated rings. The fraction of sp³-hybridized carbons (Fsp3) is 0.481. The maximum Gasteiger partial charge on any atom is 0.341 e. The number of esters is 1. The van der Waals surface area contributed by atoms with Crippen molar-refractivity contribution in [1.29, 1.82) is 0 Å². The monoisotopic (exact) mass is 485 g/mol. The van der Waals surface area contributed by atoms with Gasteiger partial charge in [0.25, 0.3) is 0 Å². The average molecular weight is 486 g/mol. The van der Waals surface area contributed by atoms with E-state index in [4.69, 9.17) is 14.2 Å². The zero-order valence-corrected chi connectivity index (χ0v) is 21.4. The van der Waals surface area contributed by atoms with Crippen LogP contribution in [0, 0.1) is 5.92 Å². The number of thiophene rings is 1. The minimum atomic E-state index is -0.368. The highest BCUT2D eigenvalue weighted by Gasteiger charge is 2.28. The Morgan fingerprint density at radius 2 is 2.03 bits per heavy atom. The highest BCUT2D eigenvalue weighted by molar-refractivity contribution is 7.17. The Balaban J connectivity index is 1.72. The van der Waals surface area contributed by atoms with Gasteiger partial charge >= 0.3 is 5.97 Å². The highest BCUT2D eigenvalue weighted by atomic mass is 32.1. The Kier molecular flexibility index (Phi) is 9.57. The Morgan fingerprint density at radius 3 is 2.76 bits per heavy atom. The summed E-state index contributed by atoms with van der Waals surface area (Å²) < 4.78 is 16.6. The molecule has 1 heterocycles. The van der Waals surface area contributed by atoms with E-state index >= 15 is 0 Å². The third-order valence-electron chi connectivity index (χ3n) is 5.85. The van der Waals surface area contributed by atoms with Crippen LogP contribution in [0.25, 0.3) is 6.08 Å². The van der Waals surface area contributed by atoms with Crippen molar-refractivity contribution in [3.8, 4) is 11.5 Å². The Labute approximate surface area is 206 Å². The van der Waals surface area contributed by atoms with Gasteiger partial charge in [0.1, 0.15) is 5.00 Å². The average Bonchev–Trinajstić information content (AvgIpc) is 3.17. The van der Waals surface area contributed by atoms with Crippen molar-refractivity contribution < 1.29 is 23.8 Å². The molecule has 6 nitrogen and oxygen atoms in total. The number of rotatable bonds is 11. The molecule has 0 bridgehead atoms. The molecule has 3 rings (SSSR count). The van der Waals surface area contributed by atoms with Crippen LogP contribution in [0.2, 0.25) is 0 Å². The quantitative estimate of drug-likeness (QED) is 0.230. The second kappa shape index (κ2) is 12.6. The standard InChI is InChI=1S/C27H35NO5S/c1-5-7-8-15-33-21-13-10-19(17-22(21)31-4)11-14-24(29)28-26-25(27(30)32-6-2)20-12-9-18(3)16-23(20)34-26/h10-11,13-14,17-18H,5-9,12,15-16H2,1-4H3,(H,28,29)/b14-11+. The van der Waals surface area contributed by atoms with E-state index in [9.17, 15) is 9.59 Å². The summed E-state index contributed by atoms with van der Waals surface area (Å²) in [6.07, 6.45) is 9.24. The lowest BCUT2D eigenvalue weighted by molar-refractivity contribution is -0.111. The molecule has 0 spiro atoms. The minimum absolute atomic E-state index is 0.295. The number of amides is 1. The second-order valence-corrected chi connectivity index (χ2v) is 9.67. The molecule has 7 heteroatoms. The van der Waals surface area contributed by atoms with E-state index in [1.807, 2.05) is 18.2 Å². The molecule has 1 unspecified atom stereocenters. The largest absolute Gasteiger partial charge is 0.493 e. The first kappa shape index (κ1) is 25.8. The number of ether oxygens (including phenoxy) is 3. The van der Waals surface area contributed by atoms with Crippen LogP contribution in [0.5, 0.6) is 11.5 Å². The molecule has 1 aliphatic rings. The van der Waals surface area contributed by atoms with E-state index in [-0.39, 0.29) is 11.9 Å². The number of hydrogen-bond donors (Lipinski definition) is 1. The summed E-state index contributed by atoms with van der Waals surface area (Å²) in [4.78, 5) is 26.5. The molecule has 0 saturated heterocycles. The first-order valence-corrected chi connectivity index (χ1v) is 12.9. The maximum absolute atomic E-state index is 12.7. The van der Waals surface area contributed by atoms with Gasteiger partial charge in [-0.15, -0.1) is 11.3 Å². The SMILES string of the molecule is CCCCCOc1ccc(/C=C/C(=O)Nc2sc3c(c2C(=O)OCC)CCC(C)C3)cc1OC. The van der Waals surface area contributed by atoms with Gasteiger partial charge in [0.2, 0.25) is 5.91 Å². The van der Waals surface area contributed by atoms with Crippen molar-refractivity contribution in [3.63, 3.8) is 0 Å².